The topological polar surface area (TPSA) is 287 Å². The third-order valence-corrected chi connectivity index (χ3v) is 20.0. The summed E-state index contributed by atoms with van der Waals surface area (Å²) in [7, 11) is 4.75. The van der Waals surface area contributed by atoms with E-state index in [0.717, 1.165) is 53.1 Å². The molecule has 0 saturated heterocycles. The van der Waals surface area contributed by atoms with Crippen LogP contribution in [0, 0.1) is 0 Å². The first-order chi connectivity index (χ1) is 52.6. The van der Waals surface area contributed by atoms with Gasteiger partial charge in [0.25, 0.3) is 0 Å². The number of rotatable bonds is 16. The normalized spacial score (nSPS) is 17.7. The molecule has 23 nitrogen and oxygen atoms in total. The van der Waals surface area contributed by atoms with Crippen molar-refractivity contribution in [2.75, 3.05) is 91.4 Å². The summed E-state index contributed by atoms with van der Waals surface area (Å²) in [6.45, 7) is 10.2. The molecule has 32 heteroatoms. The van der Waals surface area contributed by atoms with Gasteiger partial charge in [-0.15, -0.1) is 0 Å². The molecule has 0 aromatic heterocycles. The molecule has 9 amide bonds. The monoisotopic (exact) mass is 1570 g/mol. The predicted octanol–water partition coefficient (Wildman–Crippen LogP) is 13.9. The maximum Gasteiger partial charge on any atom is 0.416 e. The molecule has 8 N–H and O–H groups in total. The van der Waals surface area contributed by atoms with Crippen molar-refractivity contribution in [1.82, 2.24) is 14.7 Å². The van der Waals surface area contributed by atoms with Crippen LogP contribution in [-0.4, -0.2) is 166 Å². The second-order valence-electron chi connectivity index (χ2n) is 29.3. The van der Waals surface area contributed by atoms with Crippen molar-refractivity contribution in [3.63, 3.8) is 0 Å². The fourth-order valence-corrected chi connectivity index (χ4v) is 14.0. The minimum Gasteiger partial charge on any atom is -0.493 e. The number of aliphatic hydroxyl groups is 5. The number of hydrogen-bond acceptors (Lipinski definition) is 14. The minimum absolute atomic E-state index is 0.0626. The molecular formula is C80H88F9N9O14. The summed E-state index contributed by atoms with van der Waals surface area (Å²) in [5, 5.41) is 56.3. The Morgan fingerprint density at radius 2 is 0.866 bits per heavy atom. The summed E-state index contributed by atoms with van der Waals surface area (Å²) in [5.74, 6) is -1.12. The Morgan fingerprint density at radius 1 is 0.500 bits per heavy atom. The van der Waals surface area contributed by atoms with Crippen LogP contribution in [0.5, 0.6) is 17.2 Å². The highest BCUT2D eigenvalue weighted by Crippen LogP contribution is 2.48. The number of urea groups is 3. The quantitative estimate of drug-likeness (QED) is 0.0330. The smallest absolute Gasteiger partial charge is 0.416 e. The third-order valence-electron chi connectivity index (χ3n) is 20.0. The van der Waals surface area contributed by atoms with Crippen LogP contribution in [-0.2, 0) is 52.5 Å². The molecule has 6 aromatic rings. The summed E-state index contributed by atoms with van der Waals surface area (Å²) < 4.78 is 136. The van der Waals surface area contributed by atoms with Crippen LogP contribution in [0.4, 0.5) is 88.0 Å². The van der Waals surface area contributed by atoms with E-state index in [1.807, 2.05) is 19.9 Å². The van der Waals surface area contributed by atoms with Crippen molar-refractivity contribution in [1.29, 1.82) is 0 Å². The lowest BCUT2D eigenvalue weighted by Crippen LogP contribution is -2.52. The first-order valence-corrected chi connectivity index (χ1v) is 36.0. The Labute approximate surface area is 640 Å². The molecular weight excluding hydrogens is 1480 g/mol. The van der Waals surface area contributed by atoms with Crippen LogP contribution in [0.1, 0.15) is 130 Å². The first-order valence-electron chi connectivity index (χ1n) is 36.0. The fraction of sp³-hybridized carbons (Fsp3) is 0.400. The van der Waals surface area contributed by atoms with Gasteiger partial charge in [-0.25, -0.2) is 14.4 Å². The van der Waals surface area contributed by atoms with Crippen molar-refractivity contribution in [2.45, 2.75) is 147 Å². The summed E-state index contributed by atoms with van der Waals surface area (Å²) >= 11 is 0. The number of ether oxygens (including phenoxy) is 3. The Balaban J connectivity index is 0.000000178. The Bertz CT molecular complexity index is 4680. The van der Waals surface area contributed by atoms with Crippen LogP contribution in [0.25, 0.3) is 16.7 Å². The van der Waals surface area contributed by atoms with Gasteiger partial charge in [0.2, 0.25) is 17.7 Å². The largest absolute Gasteiger partial charge is 0.493 e. The second kappa shape index (κ2) is 33.3. The number of nitrogens with zero attached hydrogens (tertiary/aromatic N) is 6. The van der Waals surface area contributed by atoms with Crippen molar-refractivity contribution >= 4 is 86.7 Å². The van der Waals surface area contributed by atoms with E-state index in [9.17, 15) is 93.8 Å². The lowest BCUT2D eigenvalue weighted by atomic mass is 9.83. The number of nitrogens with one attached hydrogen (secondary N) is 3. The van der Waals surface area contributed by atoms with Gasteiger partial charge in [-0.05, 0) is 160 Å². The molecule has 600 valence electrons. The number of halogens is 9. The average Bonchev–Trinajstić information content (AvgIpc) is 0.841. The standard InChI is InChI=1S/C29H34F3N3O4.C26H28F3N3O5.C25H26F3N3O5/c1-6-28(7-2)15-19(22-11-9-20(29(30,31)32)13-24(22)39-28)12-25(36)33-21-10-8-18-16-35(17-27(3,4)38)26(37)34(5)23(18)14-21;1-25(2)11-16(20-7-5-17(26(27,28)29)9-22(20)37-25)8-23(35)30-18-6-4-15-12-32(19(13-33)14-34)24(36)31(3)21(15)10-18;1-30-21-11-18(6-4-16(21)12-31(24(30)35)19(13-32)14-33)29-23(34)9-15-3-2-8-36-22-10-17(25(26,27)28)5-7-20(15)22/h8-14,38H,6-7,15-17H2,1-5H3,(H,33,36);4-10,19,33-34H,11-14H2,1-3H3,(H,30,35);4-7,9-11,19,32-33H,2-3,8,12-14H2,1H3,(H,29,34)/b19-12+;16-8+;15-9+. The maximum atomic E-state index is 13.4. The van der Waals surface area contributed by atoms with E-state index in [1.165, 1.54) is 60.9 Å². The highest BCUT2D eigenvalue weighted by molar-refractivity contribution is 6.08. The van der Waals surface area contributed by atoms with Crippen molar-refractivity contribution in [3.8, 4) is 17.2 Å². The first kappa shape index (κ1) is 83.8. The summed E-state index contributed by atoms with van der Waals surface area (Å²) in [6.07, 6.45) is -6.60. The zero-order chi connectivity index (χ0) is 81.9. The van der Waals surface area contributed by atoms with E-state index in [0.29, 0.717) is 113 Å². The van der Waals surface area contributed by atoms with E-state index >= 15 is 0 Å². The van der Waals surface area contributed by atoms with Crippen LogP contribution in [0.3, 0.4) is 0 Å². The van der Waals surface area contributed by atoms with Gasteiger partial charge in [-0.1, -0.05) is 50.2 Å². The van der Waals surface area contributed by atoms with Gasteiger partial charge in [0, 0.05) is 106 Å². The van der Waals surface area contributed by atoms with Gasteiger partial charge in [0.1, 0.15) is 28.5 Å². The molecule has 6 aromatic carbocycles. The highest BCUT2D eigenvalue weighted by atomic mass is 19.4. The van der Waals surface area contributed by atoms with Crippen molar-refractivity contribution < 1.29 is 108 Å². The van der Waals surface area contributed by atoms with E-state index < -0.39 is 93.9 Å². The molecule has 6 aliphatic heterocycles. The number of amides is 9. The number of allylic oxidation sites excluding steroid dienone is 1. The molecule has 0 bridgehead atoms. The van der Waals surface area contributed by atoms with Crippen LogP contribution >= 0.6 is 0 Å². The highest BCUT2D eigenvalue weighted by Gasteiger charge is 2.42. The molecule has 0 fully saturated rings. The number of hydrogen-bond donors (Lipinski definition) is 8. The molecule has 12 rings (SSSR count). The van der Waals surface area contributed by atoms with Gasteiger partial charge in [-0.3, -0.25) is 29.1 Å². The van der Waals surface area contributed by atoms with E-state index in [1.54, 1.807) is 102 Å². The summed E-state index contributed by atoms with van der Waals surface area (Å²) in [6, 6.07) is 22.7. The number of carbonyl (C=O) groups excluding carboxylic acids is 6. The number of β-amino-alcohol motifs (C(OH)–C–C–N with tert-alkyl or cyclic N) is 1. The zero-order valence-corrected chi connectivity index (χ0v) is 62.9. The molecule has 0 atom stereocenters. The maximum absolute atomic E-state index is 13.4. The fourth-order valence-electron chi connectivity index (χ4n) is 14.0. The predicted molar refractivity (Wildman–Crippen MR) is 401 cm³/mol. The van der Waals surface area contributed by atoms with Gasteiger partial charge >= 0.3 is 36.6 Å². The van der Waals surface area contributed by atoms with E-state index in [4.69, 9.17) is 14.2 Å². The zero-order valence-electron chi connectivity index (χ0n) is 62.9. The van der Waals surface area contributed by atoms with Crippen LogP contribution < -0.4 is 44.9 Å². The molecule has 6 heterocycles. The Kier molecular flexibility index (Phi) is 24.9. The average molecular weight is 1570 g/mol. The molecule has 6 aliphatic rings. The number of carbonyl (C=O) groups is 6. The molecule has 112 heavy (non-hydrogen) atoms. The van der Waals surface area contributed by atoms with Gasteiger partial charge in [0.05, 0.1) is 91.0 Å². The lowest BCUT2D eigenvalue weighted by Gasteiger charge is -2.39. The molecule has 0 unspecified atom stereocenters. The molecule has 0 aliphatic carbocycles. The lowest BCUT2D eigenvalue weighted by molar-refractivity contribution is -0.138. The molecule has 0 radical (unpaired) electrons. The number of benzene rings is 6. The van der Waals surface area contributed by atoms with E-state index in [2.05, 4.69) is 16.0 Å². The molecule has 0 saturated carbocycles. The number of aliphatic hydroxyl groups excluding tert-OH is 4. The molecule has 0 spiro atoms. The van der Waals surface area contributed by atoms with E-state index in [-0.39, 0.29) is 75.9 Å². The Morgan fingerprint density at radius 3 is 1.26 bits per heavy atom. The van der Waals surface area contributed by atoms with Crippen LogP contribution in [0.2, 0.25) is 0 Å². The number of fused-ring (bicyclic) bond motifs is 6. The van der Waals surface area contributed by atoms with Crippen LogP contribution in [0.15, 0.2) is 127 Å². The summed E-state index contributed by atoms with van der Waals surface area (Å²) in [4.78, 5) is 85.7. The van der Waals surface area contributed by atoms with Gasteiger partial charge in [-0.2, -0.15) is 39.5 Å². The minimum atomic E-state index is -4.52. The number of alkyl halides is 9. The van der Waals surface area contributed by atoms with Crippen molar-refractivity contribution in [3.05, 3.63) is 177 Å². The van der Waals surface area contributed by atoms with Crippen molar-refractivity contribution in [2.24, 2.45) is 0 Å². The SMILES string of the molecule is CCC1(CC)C/C(=C\C(=O)Nc2ccc3c(c2)N(C)C(=O)N(CC(C)(C)O)C3)c2ccc(C(F)(F)F)cc2O1.CN1C(=O)N(C(CO)CO)Cc2ccc(NC(=O)/C=C3\CC(C)(C)Oc4cc(C(F)(F)F)ccc43)cc21.CN1C(=O)N(C(CO)CO)Cc2ccc(NC(=O)/C=C3\CCCOc4cc(C(F)(F)F)ccc43)cc21. The Hall–Kier alpha value is -10.7. The van der Waals surface area contributed by atoms with Gasteiger partial charge < -0.3 is 70.4 Å². The summed E-state index contributed by atoms with van der Waals surface area (Å²) in [5.41, 5.74) is 3.52. The number of anilines is 6. The second-order valence-corrected chi connectivity index (χ2v) is 29.3. The van der Waals surface area contributed by atoms with Gasteiger partial charge in [0.15, 0.2) is 0 Å². The third kappa shape index (κ3) is 19.3.